The van der Waals surface area contributed by atoms with Crippen LogP contribution in [0.2, 0.25) is 0 Å². The van der Waals surface area contributed by atoms with Gasteiger partial charge in [0, 0.05) is 18.7 Å². The summed E-state index contributed by atoms with van der Waals surface area (Å²) in [7, 11) is 1.92. The maximum absolute atomic E-state index is 4.54. The minimum Gasteiger partial charge on any atom is -0.373 e. The molecule has 0 amide bonds. The average Bonchev–Trinajstić information content (AvgIpc) is 2.94. The molecular formula is C17H28N4. The van der Waals surface area contributed by atoms with Crippen molar-refractivity contribution in [3.63, 3.8) is 0 Å². The highest BCUT2D eigenvalue weighted by Gasteiger charge is 2.59. The third kappa shape index (κ3) is 2.11. The van der Waals surface area contributed by atoms with Crippen LogP contribution in [0.1, 0.15) is 52.5 Å². The van der Waals surface area contributed by atoms with Gasteiger partial charge in [0.05, 0.1) is 0 Å². The quantitative estimate of drug-likeness (QED) is 0.887. The summed E-state index contributed by atoms with van der Waals surface area (Å²) in [5, 5.41) is 6.99. The third-order valence-electron chi connectivity index (χ3n) is 6.09. The van der Waals surface area contributed by atoms with Gasteiger partial charge in [-0.05, 0) is 42.4 Å². The van der Waals surface area contributed by atoms with Crippen LogP contribution in [-0.4, -0.2) is 23.1 Å². The van der Waals surface area contributed by atoms with Crippen molar-refractivity contribution in [3.05, 3.63) is 11.9 Å². The molecule has 2 aliphatic carbocycles. The number of aromatic nitrogens is 2. The summed E-state index contributed by atoms with van der Waals surface area (Å²) in [6.45, 7) is 9.46. The zero-order valence-electron chi connectivity index (χ0n) is 14.0. The molecule has 4 heteroatoms. The lowest BCUT2D eigenvalue weighted by Gasteiger charge is -2.43. The molecule has 2 aliphatic rings. The van der Waals surface area contributed by atoms with E-state index in [1.54, 1.807) is 6.33 Å². The van der Waals surface area contributed by atoms with Crippen LogP contribution in [0.4, 0.5) is 11.6 Å². The lowest BCUT2D eigenvalue weighted by atomic mass is 9.68. The van der Waals surface area contributed by atoms with Crippen molar-refractivity contribution in [2.45, 2.75) is 59.4 Å². The van der Waals surface area contributed by atoms with Crippen LogP contribution in [0.15, 0.2) is 6.33 Å². The molecule has 2 fully saturated rings. The monoisotopic (exact) mass is 288 g/mol. The Bertz CT molecular complexity index is 535. The molecule has 2 N–H and O–H groups in total. The predicted octanol–water partition coefficient (Wildman–Crippen LogP) is 3.71. The summed E-state index contributed by atoms with van der Waals surface area (Å²) in [5.74, 6) is 2.81. The molecule has 1 heterocycles. The smallest absolute Gasteiger partial charge is 0.134 e. The van der Waals surface area contributed by atoms with Crippen LogP contribution in [0.5, 0.6) is 0 Å². The zero-order chi connectivity index (χ0) is 15.3. The molecular weight excluding hydrogens is 260 g/mol. The first-order chi connectivity index (χ1) is 9.92. The molecule has 0 aromatic carbocycles. The highest BCUT2D eigenvalue weighted by atomic mass is 15.1. The van der Waals surface area contributed by atoms with Gasteiger partial charge in [-0.25, -0.2) is 9.97 Å². The zero-order valence-corrected chi connectivity index (χ0v) is 14.0. The van der Waals surface area contributed by atoms with Crippen LogP contribution >= 0.6 is 0 Å². The van der Waals surface area contributed by atoms with Crippen LogP contribution in [0.25, 0.3) is 0 Å². The summed E-state index contributed by atoms with van der Waals surface area (Å²) >= 11 is 0. The first-order valence-electron chi connectivity index (χ1n) is 8.20. The van der Waals surface area contributed by atoms with Gasteiger partial charge in [0.15, 0.2) is 0 Å². The summed E-state index contributed by atoms with van der Waals surface area (Å²) in [5.41, 5.74) is 1.94. The topological polar surface area (TPSA) is 49.8 Å². The number of nitrogens with one attached hydrogen (secondary N) is 2. The van der Waals surface area contributed by atoms with Gasteiger partial charge in [-0.3, -0.25) is 0 Å². The molecule has 3 unspecified atom stereocenters. The fourth-order valence-corrected chi connectivity index (χ4v) is 4.89. The Labute approximate surface area is 128 Å². The van der Waals surface area contributed by atoms with Crippen LogP contribution in [-0.2, 0) is 6.42 Å². The molecule has 2 bridgehead atoms. The van der Waals surface area contributed by atoms with Gasteiger partial charge in [0.25, 0.3) is 0 Å². The van der Waals surface area contributed by atoms with E-state index < -0.39 is 0 Å². The van der Waals surface area contributed by atoms with Gasteiger partial charge in [0.1, 0.15) is 18.0 Å². The lowest BCUT2D eigenvalue weighted by Crippen LogP contribution is -2.46. The van der Waals surface area contributed by atoms with E-state index in [0.717, 1.165) is 24.0 Å². The molecule has 116 valence electrons. The summed E-state index contributed by atoms with van der Waals surface area (Å²) in [6, 6.07) is 0.494. The van der Waals surface area contributed by atoms with Crippen molar-refractivity contribution in [2.24, 2.45) is 16.7 Å². The molecule has 3 rings (SSSR count). The average molecular weight is 288 g/mol. The largest absolute Gasteiger partial charge is 0.373 e. The van der Waals surface area contributed by atoms with E-state index >= 15 is 0 Å². The maximum atomic E-state index is 4.54. The molecule has 1 aromatic heterocycles. The fraction of sp³-hybridized carbons (Fsp3) is 0.765. The van der Waals surface area contributed by atoms with Crippen molar-refractivity contribution in [1.82, 2.24) is 9.97 Å². The first-order valence-corrected chi connectivity index (χ1v) is 8.20. The van der Waals surface area contributed by atoms with E-state index in [1.165, 1.54) is 24.8 Å². The third-order valence-corrected chi connectivity index (χ3v) is 6.09. The van der Waals surface area contributed by atoms with Gasteiger partial charge in [0.2, 0.25) is 0 Å². The van der Waals surface area contributed by atoms with Gasteiger partial charge in [-0.1, -0.05) is 27.7 Å². The second kappa shape index (κ2) is 4.85. The molecule has 1 aromatic rings. The van der Waals surface area contributed by atoms with Crippen molar-refractivity contribution in [1.29, 1.82) is 0 Å². The van der Waals surface area contributed by atoms with E-state index in [4.69, 9.17) is 0 Å². The molecule has 0 spiro atoms. The number of anilines is 2. The predicted molar refractivity (Wildman–Crippen MR) is 87.6 cm³/mol. The van der Waals surface area contributed by atoms with E-state index in [9.17, 15) is 0 Å². The van der Waals surface area contributed by atoms with Crippen molar-refractivity contribution in [2.75, 3.05) is 17.7 Å². The maximum Gasteiger partial charge on any atom is 0.134 e. The molecule has 2 saturated carbocycles. The highest BCUT2D eigenvalue weighted by Crippen LogP contribution is 2.63. The van der Waals surface area contributed by atoms with E-state index in [2.05, 4.69) is 48.3 Å². The fourth-order valence-electron chi connectivity index (χ4n) is 4.89. The number of hydrogen-bond donors (Lipinski definition) is 2. The molecule has 0 aliphatic heterocycles. The molecule has 0 radical (unpaired) electrons. The lowest BCUT2D eigenvalue weighted by molar-refractivity contribution is 0.155. The number of fused-ring (bicyclic) bond motifs is 2. The van der Waals surface area contributed by atoms with Crippen LogP contribution in [0.3, 0.4) is 0 Å². The minimum absolute atomic E-state index is 0.336. The normalized spacial score (nSPS) is 33.2. The second-order valence-corrected chi connectivity index (χ2v) is 7.65. The van der Waals surface area contributed by atoms with Gasteiger partial charge in [-0.2, -0.15) is 0 Å². The Morgan fingerprint density at radius 1 is 1.24 bits per heavy atom. The highest BCUT2D eigenvalue weighted by molar-refractivity contribution is 5.58. The molecule has 21 heavy (non-hydrogen) atoms. The van der Waals surface area contributed by atoms with E-state index in [1.807, 2.05) is 7.05 Å². The van der Waals surface area contributed by atoms with Crippen molar-refractivity contribution >= 4 is 11.6 Å². The molecule has 3 atom stereocenters. The second-order valence-electron chi connectivity index (χ2n) is 7.65. The Balaban J connectivity index is 1.94. The number of rotatable bonds is 4. The van der Waals surface area contributed by atoms with Crippen LogP contribution in [0, 0.1) is 16.7 Å². The Hall–Kier alpha value is -1.32. The molecule has 4 nitrogen and oxygen atoms in total. The summed E-state index contributed by atoms with van der Waals surface area (Å²) in [4.78, 5) is 8.88. The van der Waals surface area contributed by atoms with Gasteiger partial charge < -0.3 is 10.6 Å². The summed E-state index contributed by atoms with van der Waals surface area (Å²) in [6.07, 6.45) is 6.67. The van der Waals surface area contributed by atoms with Crippen molar-refractivity contribution < 1.29 is 0 Å². The van der Waals surface area contributed by atoms with Gasteiger partial charge in [-0.15, -0.1) is 0 Å². The van der Waals surface area contributed by atoms with E-state index in [-0.39, 0.29) is 0 Å². The Morgan fingerprint density at radius 2 is 1.95 bits per heavy atom. The first kappa shape index (κ1) is 14.6. The standard InChI is InChI=1S/C17H28N4/c1-6-12-13(18-5)19-10-20-14(12)21-15-16(2,3)11-7-8-17(15,4)9-11/h10-11,15H,6-9H2,1-5H3,(H2,18,19,20,21). The van der Waals surface area contributed by atoms with Gasteiger partial charge >= 0.3 is 0 Å². The summed E-state index contributed by atoms with van der Waals surface area (Å²) < 4.78 is 0. The number of hydrogen-bond acceptors (Lipinski definition) is 4. The SMILES string of the molecule is CCc1c(NC)ncnc1NC1C2(C)CCC(C2)C1(C)C. The Kier molecular flexibility index (Phi) is 3.38. The van der Waals surface area contributed by atoms with Crippen LogP contribution < -0.4 is 10.6 Å². The molecule has 0 saturated heterocycles. The minimum atomic E-state index is 0.336. The number of nitrogens with zero attached hydrogens (tertiary/aromatic N) is 2. The van der Waals surface area contributed by atoms with Crippen molar-refractivity contribution in [3.8, 4) is 0 Å². The Morgan fingerprint density at radius 3 is 2.52 bits per heavy atom. The van der Waals surface area contributed by atoms with E-state index in [0.29, 0.717) is 16.9 Å².